The number of nitrogens with zero attached hydrogens (tertiary/aromatic N) is 3. The number of aromatic nitrogens is 3. The van der Waals surface area contributed by atoms with E-state index in [1.807, 2.05) is 30.3 Å². The lowest BCUT2D eigenvalue weighted by molar-refractivity contribution is 0.416. The number of fused-ring (bicyclic) bond motifs is 1. The van der Waals surface area contributed by atoms with Gasteiger partial charge in [0.25, 0.3) is 0 Å². The normalized spacial score (nSPS) is 10.7. The topological polar surface area (TPSA) is 65.4 Å². The standard InChI is InChI=1S/C13H12N4O/c1-18-11-5-3-2-4-10(11)13-15-12-7-6-9(14)8-17(12)16-13/h2-8H,14H2,1H3. The molecule has 0 atom stereocenters. The first-order valence-electron chi connectivity index (χ1n) is 5.53. The van der Waals surface area contributed by atoms with Gasteiger partial charge in [0, 0.05) is 0 Å². The zero-order valence-corrected chi connectivity index (χ0v) is 9.87. The number of nitrogens with two attached hydrogens (primary N) is 1. The van der Waals surface area contributed by atoms with Crippen molar-refractivity contribution in [3.8, 4) is 17.1 Å². The van der Waals surface area contributed by atoms with Crippen LogP contribution in [0, 0.1) is 0 Å². The van der Waals surface area contributed by atoms with Crippen LogP contribution in [-0.2, 0) is 0 Å². The van der Waals surface area contributed by atoms with Gasteiger partial charge in [0.05, 0.1) is 24.6 Å². The van der Waals surface area contributed by atoms with Crippen molar-refractivity contribution in [2.75, 3.05) is 12.8 Å². The second-order valence-corrected chi connectivity index (χ2v) is 3.90. The summed E-state index contributed by atoms with van der Waals surface area (Å²) in [6.07, 6.45) is 1.74. The van der Waals surface area contributed by atoms with E-state index in [1.165, 1.54) is 0 Å². The highest BCUT2D eigenvalue weighted by Gasteiger charge is 2.10. The highest BCUT2D eigenvalue weighted by molar-refractivity contribution is 5.66. The lowest BCUT2D eigenvalue weighted by Crippen LogP contribution is -1.92. The Hall–Kier alpha value is -2.56. The molecule has 0 saturated carbocycles. The average Bonchev–Trinajstić information content (AvgIpc) is 2.81. The zero-order chi connectivity index (χ0) is 12.5. The highest BCUT2D eigenvalue weighted by atomic mass is 16.5. The van der Waals surface area contributed by atoms with Crippen molar-refractivity contribution >= 4 is 11.3 Å². The third kappa shape index (κ3) is 1.66. The molecule has 0 fully saturated rings. The molecular weight excluding hydrogens is 228 g/mol. The Kier molecular flexibility index (Phi) is 2.37. The maximum absolute atomic E-state index is 5.71. The van der Waals surface area contributed by atoms with Crippen LogP contribution in [0.5, 0.6) is 5.75 Å². The van der Waals surface area contributed by atoms with Gasteiger partial charge in [-0.05, 0) is 24.3 Å². The number of anilines is 1. The van der Waals surface area contributed by atoms with Gasteiger partial charge in [-0.1, -0.05) is 12.1 Å². The van der Waals surface area contributed by atoms with E-state index in [-0.39, 0.29) is 0 Å². The Balaban J connectivity index is 2.19. The van der Waals surface area contributed by atoms with Crippen LogP contribution in [0.25, 0.3) is 17.0 Å². The maximum atomic E-state index is 5.71. The number of pyridine rings is 1. The van der Waals surface area contributed by atoms with E-state index in [1.54, 1.807) is 23.9 Å². The predicted octanol–water partition coefficient (Wildman–Crippen LogP) is 1.99. The number of para-hydroxylation sites is 1. The Morgan fingerprint density at radius 3 is 2.83 bits per heavy atom. The molecule has 0 aliphatic carbocycles. The van der Waals surface area contributed by atoms with Gasteiger partial charge < -0.3 is 10.5 Å². The first-order chi connectivity index (χ1) is 8.78. The first kappa shape index (κ1) is 10.6. The van der Waals surface area contributed by atoms with E-state index < -0.39 is 0 Å². The molecule has 5 heteroatoms. The number of hydrogen-bond acceptors (Lipinski definition) is 4. The number of benzene rings is 1. The second-order valence-electron chi connectivity index (χ2n) is 3.90. The van der Waals surface area contributed by atoms with Gasteiger partial charge in [-0.2, -0.15) is 0 Å². The molecule has 0 aliphatic heterocycles. The Morgan fingerprint density at radius 2 is 2.00 bits per heavy atom. The van der Waals surface area contributed by atoms with Gasteiger partial charge in [-0.3, -0.25) is 0 Å². The van der Waals surface area contributed by atoms with Gasteiger partial charge in [0.1, 0.15) is 5.75 Å². The van der Waals surface area contributed by atoms with Crippen LogP contribution in [0.1, 0.15) is 0 Å². The van der Waals surface area contributed by atoms with Gasteiger partial charge in [0.2, 0.25) is 0 Å². The Labute approximate surface area is 104 Å². The molecule has 5 nitrogen and oxygen atoms in total. The van der Waals surface area contributed by atoms with Crippen LogP contribution in [-0.4, -0.2) is 21.7 Å². The quantitative estimate of drug-likeness (QED) is 0.744. The lowest BCUT2D eigenvalue weighted by Gasteiger charge is -2.03. The molecule has 2 N–H and O–H groups in total. The molecule has 0 unspecified atom stereocenters. The largest absolute Gasteiger partial charge is 0.496 e. The smallest absolute Gasteiger partial charge is 0.185 e. The average molecular weight is 240 g/mol. The molecule has 90 valence electrons. The van der Waals surface area contributed by atoms with E-state index in [0.717, 1.165) is 17.0 Å². The van der Waals surface area contributed by atoms with Gasteiger partial charge in [-0.15, -0.1) is 5.10 Å². The molecular formula is C13H12N4O. The first-order valence-corrected chi connectivity index (χ1v) is 5.53. The van der Waals surface area contributed by atoms with Crippen molar-refractivity contribution in [1.82, 2.24) is 14.6 Å². The zero-order valence-electron chi connectivity index (χ0n) is 9.87. The summed E-state index contributed by atoms with van der Waals surface area (Å²) in [6, 6.07) is 11.3. The number of rotatable bonds is 2. The van der Waals surface area contributed by atoms with Crippen LogP contribution < -0.4 is 10.5 Å². The predicted molar refractivity (Wildman–Crippen MR) is 69.4 cm³/mol. The maximum Gasteiger partial charge on any atom is 0.185 e. The molecule has 18 heavy (non-hydrogen) atoms. The number of nitrogen functional groups attached to an aromatic ring is 1. The molecule has 0 aliphatic rings. The van der Waals surface area contributed by atoms with Crippen LogP contribution in [0.4, 0.5) is 5.69 Å². The van der Waals surface area contributed by atoms with Gasteiger partial charge in [-0.25, -0.2) is 9.50 Å². The molecule has 0 spiro atoms. The van der Waals surface area contributed by atoms with Crippen molar-refractivity contribution in [1.29, 1.82) is 0 Å². The number of ether oxygens (including phenoxy) is 1. The van der Waals surface area contributed by atoms with E-state index in [4.69, 9.17) is 10.5 Å². The fourth-order valence-electron chi connectivity index (χ4n) is 1.84. The molecule has 0 bridgehead atoms. The van der Waals surface area contributed by atoms with Crippen molar-refractivity contribution in [3.63, 3.8) is 0 Å². The minimum atomic E-state index is 0.623. The second kappa shape index (κ2) is 4.03. The summed E-state index contributed by atoms with van der Waals surface area (Å²) in [5, 5.41) is 4.40. The van der Waals surface area contributed by atoms with Crippen molar-refractivity contribution < 1.29 is 4.74 Å². The van der Waals surface area contributed by atoms with Gasteiger partial charge in [0.15, 0.2) is 11.5 Å². The van der Waals surface area contributed by atoms with Crippen LogP contribution >= 0.6 is 0 Å². The summed E-state index contributed by atoms with van der Waals surface area (Å²) >= 11 is 0. The SMILES string of the molecule is COc1ccccc1-c1nc2ccc(N)cn2n1. The molecule has 3 rings (SSSR count). The van der Waals surface area contributed by atoms with E-state index >= 15 is 0 Å². The van der Waals surface area contributed by atoms with Crippen molar-refractivity contribution in [2.24, 2.45) is 0 Å². The minimum absolute atomic E-state index is 0.623. The fourth-order valence-corrected chi connectivity index (χ4v) is 1.84. The lowest BCUT2D eigenvalue weighted by atomic mass is 10.2. The molecule has 0 saturated heterocycles. The van der Waals surface area contributed by atoms with E-state index in [0.29, 0.717) is 11.5 Å². The van der Waals surface area contributed by atoms with E-state index in [2.05, 4.69) is 10.1 Å². The summed E-state index contributed by atoms with van der Waals surface area (Å²) in [7, 11) is 1.63. The molecule has 2 heterocycles. The van der Waals surface area contributed by atoms with Crippen molar-refractivity contribution in [2.45, 2.75) is 0 Å². The fraction of sp³-hybridized carbons (Fsp3) is 0.0769. The monoisotopic (exact) mass is 240 g/mol. The summed E-state index contributed by atoms with van der Waals surface area (Å²) in [5.74, 6) is 1.37. The minimum Gasteiger partial charge on any atom is -0.496 e. The summed E-state index contributed by atoms with van der Waals surface area (Å²) < 4.78 is 6.97. The third-order valence-corrected chi connectivity index (χ3v) is 2.70. The highest BCUT2D eigenvalue weighted by Crippen LogP contribution is 2.27. The Morgan fingerprint density at radius 1 is 1.17 bits per heavy atom. The van der Waals surface area contributed by atoms with Crippen LogP contribution in [0.3, 0.4) is 0 Å². The van der Waals surface area contributed by atoms with Crippen molar-refractivity contribution in [3.05, 3.63) is 42.6 Å². The molecule has 3 aromatic rings. The molecule has 2 aromatic heterocycles. The molecule has 0 amide bonds. The Bertz CT molecular complexity index is 705. The summed E-state index contributed by atoms with van der Waals surface area (Å²) in [6.45, 7) is 0. The molecule has 0 radical (unpaired) electrons. The van der Waals surface area contributed by atoms with Crippen LogP contribution in [0.2, 0.25) is 0 Å². The van der Waals surface area contributed by atoms with Crippen LogP contribution in [0.15, 0.2) is 42.6 Å². The molecule has 1 aromatic carbocycles. The third-order valence-electron chi connectivity index (χ3n) is 2.70. The number of hydrogen-bond donors (Lipinski definition) is 1. The summed E-state index contributed by atoms with van der Waals surface area (Å²) in [4.78, 5) is 4.45. The van der Waals surface area contributed by atoms with E-state index in [9.17, 15) is 0 Å². The van der Waals surface area contributed by atoms with Gasteiger partial charge >= 0.3 is 0 Å². The summed E-state index contributed by atoms with van der Waals surface area (Å²) in [5.41, 5.74) is 7.98. The number of methoxy groups -OCH3 is 1.